The minimum Gasteiger partial charge on any atom is -0.378 e. The lowest BCUT2D eigenvalue weighted by atomic mass is 10.1. The van der Waals surface area contributed by atoms with Crippen molar-refractivity contribution in [3.63, 3.8) is 0 Å². The Morgan fingerprint density at radius 3 is 2.54 bits per heavy atom. The molecule has 1 aliphatic rings. The third kappa shape index (κ3) is 3.90. The quantitative estimate of drug-likeness (QED) is 0.896. The SMILES string of the molecule is Cc1ccc(C(N)C(=O)Nc2ccc(N3CCOCC3)nc2)cc1. The number of anilines is 2. The Bertz CT molecular complexity index is 679. The third-order valence-corrected chi connectivity index (χ3v) is 4.07. The van der Waals surface area contributed by atoms with Crippen LogP contribution < -0.4 is 16.0 Å². The molecule has 1 aromatic heterocycles. The smallest absolute Gasteiger partial charge is 0.245 e. The predicted molar refractivity (Wildman–Crippen MR) is 94.0 cm³/mol. The Kier molecular flexibility index (Phi) is 5.08. The molecule has 3 N–H and O–H groups in total. The predicted octanol–water partition coefficient (Wildman–Crippen LogP) is 1.87. The van der Waals surface area contributed by atoms with Crippen molar-refractivity contribution in [2.24, 2.45) is 5.73 Å². The highest BCUT2D eigenvalue weighted by molar-refractivity contribution is 5.95. The maximum atomic E-state index is 12.3. The lowest BCUT2D eigenvalue weighted by Crippen LogP contribution is -2.36. The van der Waals surface area contributed by atoms with E-state index in [-0.39, 0.29) is 5.91 Å². The van der Waals surface area contributed by atoms with Crippen LogP contribution in [0.4, 0.5) is 11.5 Å². The van der Waals surface area contributed by atoms with Gasteiger partial charge in [0.15, 0.2) is 0 Å². The topological polar surface area (TPSA) is 80.5 Å². The molecule has 3 rings (SSSR count). The summed E-state index contributed by atoms with van der Waals surface area (Å²) in [4.78, 5) is 18.9. The fraction of sp³-hybridized carbons (Fsp3) is 0.333. The Morgan fingerprint density at radius 1 is 1.21 bits per heavy atom. The molecule has 0 saturated carbocycles. The van der Waals surface area contributed by atoms with E-state index in [9.17, 15) is 4.79 Å². The number of aromatic nitrogens is 1. The highest BCUT2D eigenvalue weighted by Gasteiger charge is 2.16. The minimum absolute atomic E-state index is 0.250. The van der Waals surface area contributed by atoms with E-state index in [4.69, 9.17) is 10.5 Å². The van der Waals surface area contributed by atoms with Crippen molar-refractivity contribution in [1.82, 2.24) is 4.98 Å². The van der Waals surface area contributed by atoms with E-state index in [1.807, 2.05) is 43.3 Å². The Balaban J connectivity index is 1.62. The molecule has 2 heterocycles. The van der Waals surface area contributed by atoms with Gasteiger partial charge < -0.3 is 20.7 Å². The first-order valence-corrected chi connectivity index (χ1v) is 8.05. The average molecular weight is 326 g/mol. The molecule has 0 spiro atoms. The summed E-state index contributed by atoms with van der Waals surface area (Å²) >= 11 is 0. The molecule has 1 aromatic carbocycles. The normalized spacial score (nSPS) is 15.8. The molecule has 1 saturated heterocycles. The zero-order chi connectivity index (χ0) is 16.9. The van der Waals surface area contributed by atoms with Gasteiger partial charge in [0, 0.05) is 13.1 Å². The molecule has 1 unspecified atom stereocenters. The number of nitrogens with one attached hydrogen (secondary N) is 1. The first kappa shape index (κ1) is 16.4. The van der Waals surface area contributed by atoms with Crippen molar-refractivity contribution in [3.8, 4) is 0 Å². The van der Waals surface area contributed by atoms with Gasteiger partial charge in [-0.15, -0.1) is 0 Å². The van der Waals surface area contributed by atoms with E-state index in [0.29, 0.717) is 18.9 Å². The monoisotopic (exact) mass is 326 g/mol. The van der Waals surface area contributed by atoms with E-state index in [2.05, 4.69) is 15.2 Å². The van der Waals surface area contributed by atoms with Crippen LogP contribution >= 0.6 is 0 Å². The number of nitrogens with two attached hydrogens (primary N) is 1. The zero-order valence-electron chi connectivity index (χ0n) is 13.7. The van der Waals surface area contributed by atoms with E-state index >= 15 is 0 Å². The molecule has 24 heavy (non-hydrogen) atoms. The molecule has 6 nitrogen and oxygen atoms in total. The molecule has 0 radical (unpaired) electrons. The summed E-state index contributed by atoms with van der Waals surface area (Å²) in [7, 11) is 0. The van der Waals surface area contributed by atoms with Gasteiger partial charge in [-0.2, -0.15) is 0 Å². The second-order valence-electron chi connectivity index (χ2n) is 5.88. The minimum atomic E-state index is -0.704. The number of carbonyl (C=O) groups is 1. The zero-order valence-corrected chi connectivity index (χ0v) is 13.7. The number of hydrogen-bond acceptors (Lipinski definition) is 5. The lowest BCUT2D eigenvalue weighted by Gasteiger charge is -2.27. The van der Waals surface area contributed by atoms with E-state index in [1.54, 1.807) is 6.20 Å². The van der Waals surface area contributed by atoms with Crippen molar-refractivity contribution >= 4 is 17.4 Å². The van der Waals surface area contributed by atoms with Gasteiger partial charge in [0.1, 0.15) is 11.9 Å². The fourth-order valence-electron chi connectivity index (χ4n) is 2.58. The van der Waals surface area contributed by atoms with Crippen LogP contribution in [0.25, 0.3) is 0 Å². The highest BCUT2D eigenvalue weighted by Crippen LogP contribution is 2.17. The van der Waals surface area contributed by atoms with Crippen molar-refractivity contribution in [2.45, 2.75) is 13.0 Å². The van der Waals surface area contributed by atoms with E-state index in [1.165, 1.54) is 0 Å². The number of nitrogens with zero attached hydrogens (tertiary/aromatic N) is 2. The number of hydrogen-bond donors (Lipinski definition) is 2. The second-order valence-corrected chi connectivity index (χ2v) is 5.88. The maximum Gasteiger partial charge on any atom is 0.245 e. The largest absolute Gasteiger partial charge is 0.378 e. The number of pyridine rings is 1. The summed E-state index contributed by atoms with van der Waals surface area (Å²) < 4.78 is 5.33. The molecule has 1 aliphatic heterocycles. The Hall–Kier alpha value is -2.44. The van der Waals surface area contributed by atoms with Crippen LogP contribution in [0.3, 0.4) is 0 Å². The van der Waals surface area contributed by atoms with Gasteiger partial charge >= 0.3 is 0 Å². The Labute approximate surface area is 141 Å². The first-order chi connectivity index (χ1) is 11.6. The summed E-state index contributed by atoms with van der Waals surface area (Å²) in [5.41, 5.74) is 8.59. The van der Waals surface area contributed by atoms with Crippen LogP contribution in [0.1, 0.15) is 17.2 Å². The van der Waals surface area contributed by atoms with Crippen LogP contribution in [-0.2, 0) is 9.53 Å². The van der Waals surface area contributed by atoms with Crippen LogP contribution in [0.15, 0.2) is 42.6 Å². The summed E-state index contributed by atoms with van der Waals surface area (Å²) in [5, 5.41) is 2.82. The highest BCUT2D eigenvalue weighted by atomic mass is 16.5. The van der Waals surface area contributed by atoms with Crippen LogP contribution in [0, 0.1) is 6.92 Å². The number of carbonyl (C=O) groups excluding carboxylic acids is 1. The molecule has 1 amide bonds. The molecule has 0 aliphatic carbocycles. The summed E-state index contributed by atoms with van der Waals surface area (Å²) in [6.45, 7) is 5.09. The molecule has 1 atom stereocenters. The van der Waals surface area contributed by atoms with Gasteiger partial charge in [0.25, 0.3) is 0 Å². The number of amides is 1. The number of aryl methyl sites for hydroxylation is 1. The van der Waals surface area contributed by atoms with Crippen molar-refractivity contribution in [3.05, 3.63) is 53.7 Å². The standard InChI is InChI=1S/C18H22N4O2/c1-13-2-4-14(5-3-13)17(19)18(23)21-15-6-7-16(20-12-15)22-8-10-24-11-9-22/h2-7,12,17H,8-11,19H2,1H3,(H,21,23). The molecule has 126 valence electrons. The average Bonchev–Trinajstić information content (AvgIpc) is 2.63. The molecule has 1 fully saturated rings. The molecular weight excluding hydrogens is 304 g/mol. The number of morpholine rings is 1. The van der Waals surface area contributed by atoms with Crippen LogP contribution in [0.5, 0.6) is 0 Å². The van der Waals surface area contributed by atoms with Gasteiger partial charge in [0.2, 0.25) is 5.91 Å². The lowest BCUT2D eigenvalue weighted by molar-refractivity contribution is -0.117. The van der Waals surface area contributed by atoms with Gasteiger partial charge in [-0.05, 0) is 24.6 Å². The number of benzene rings is 1. The van der Waals surface area contributed by atoms with E-state index < -0.39 is 6.04 Å². The van der Waals surface area contributed by atoms with Crippen LogP contribution in [-0.4, -0.2) is 37.2 Å². The first-order valence-electron chi connectivity index (χ1n) is 8.05. The summed E-state index contributed by atoms with van der Waals surface area (Å²) in [6.07, 6.45) is 1.66. The Morgan fingerprint density at radius 2 is 1.92 bits per heavy atom. The molecule has 2 aromatic rings. The van der Waals surface area contributed by atoms with E-state index in [0.717, 1.165) is 30.0 Å². The van der Waals surface area contributed by atoms with Crippen molar-refractivity contribution < 1.29 is 9.53 Å². The second kappa shape index (κ2) is 7.42. The van der Waals surface area contributed by atoms with Gasteiger partial charge in [0.05, 0.1) is 25.1 Å². The molecule has 6 heteroatoms. The maximum absolute atomic E-state index is 12.3. The molecule has 0 bridgehead atoms. The number of ether oxygens (including phenoxy) is 1. The van der Waals surface area contributed by atoms with Gasteiger partial charge in [-0.1, -0.05) is 29.8 Å². The molecular formula is C18H22N4O2. The van der Waals surface area contributed by atoms with Gasteiger partial charge in [-0.3, -0.25) is 4.79 Å². The van der Waals surface area contributed by atoms with Crippen molar-refractivity contribution in [1.29, 1.82) is 0 Å². The van der Waals surface area contributed by atoms with Crippen molar-refractivity contribution in [2.75, 3.05) is 36.5 Å². The third-order valence-electron chi connectivity index (χ3n) is 4.07. The summed E-state index contributed by atoms with van der Waals surface area (Å²) in [5.74, 6) is 0.638. The van der Waals surface area contributed by atoms with Gasteiger partial charge in [-0.25, -0.2) is 4.98 Å². The fourth-order valence-corrected chi connectivity index (χ4v) is 2.58. The number of rotatable bonds is 4. The summed E-state index contributed by atoms with van der Waals surface area (Å²) in [6, 6.07) is 10.7. The van der Waals surface area contributed by atoms with Crippen LogP contribution in [0.2, 0.25) is 0 Å².